The smallest absolute Gasteiger partial charge is 0.00823 e. The maximum atomic E-state index is 5.91. The fraction of sp³-hybridized carbons (Fsp3) is 1.00. The normalized spacial score (nSPS) is 33.4. The Hall–Kier alpha value is -0.120. The molecule has 2 unspecified atom stereocenters. The van der Waals surface area contributed by atoms with Gasteiger partial charge in [0.2, 0.25) is 0 Å². The zero-order chi connectivity index (χ0) is 11.4. The Morgan fingerprint density at radius 3 is 2.56 bits per heavy atom. The molecule has 0 aromatic heterocycles. The SMILES string of the molecule is CN1CCC(CCNC2CCC(N)C2)CC1. The van der Waals surface area contributed by atoms with Crippen LogP contribution in [0.5, 0.6) is 0 Å². The molecule has 2 fully saturated rings. The number of likely N-dealkylation sites (tertiary alicyclic amines) is 1. The van der Waals surface area contributed by atoms with Gasteiger partial charge in [0.05, 0.1) is 0 Å². The van der Waals surface area contributed by atoms with E-state index in [-0.39, 0.29) is 0 Å². The van der Waals surface area contributed by atoms with Crippen molar-refractivity contribution in [3.8, 4) is 0 Å². The molecule has 0 bridgehead atoms. The Bertz CT molecular complexity index is 199. The van der Waals surface area contributed by atoms with Crippen LogP contribution in [0.2, 0.25) is 0 Å². The van der Waals surface area contributed by atoms with Gasteiger partial charge in [0.15, 0.2) is 0 Å². The summed E-state index contributed by atoms with van der Waals surface area (Å²) in [7, 11) is 2.23. The van der Waals surface area contributed by atoms with Crippen molar-refractivity contribution >= 4 is 0 Å². The summed E-state index contributed by atoms with van der Waals surface area (Å²) in [5, 5.41) is 3.68. The number of nitrogens with two attached hydrogens (primary N) is 1. The maximum Gasteiger partial charge on any atom is 0.00823 e. The fourth-order valence-corrected chi connectivity index (χ4v) is 3.04. The summed E-state index contributed by atoms with van der Waals surface area (Å²) in [6, 6.07) is 1.17. The van der Waals surface area contributed by atoms with Crippen molar-refractivity contribution in [1.29, 1.82) is 0 Å². The van der Waals surface area contributed by atoms with Gasteiger partial charge in [-0.25, -0.2) is 0 Å². The third-order valence-electron chi connectivity index (χ3n) is 4.30. The average molecular weight is 225 g/mol. The lowest BCUT2D eigenvalue weighted by molar-refractivity contribution is 0.210. The van der Waals surface area contributed by atoms with Gasteiger partial charge in [0, 0.05) is 12.1 Å². The van der Waals surface area contributed by atoms with E-state index in [0.717, 1.165) is 5.92 Å². The van der Waals surface area contributed by atoms with E-state index in [2.05, 4.69) is 17.3 Å². The minimum Gasteiger partial charge on any atom is -0.328 e. The number of hydrogen-bond acceptors (Lipinski definition) is 3. The molecule has 3 nitrogen and oxygen atoms in total. The Balaban J connectivity index is 1.54. The highest BCUT2D eigenvalue weighted by atomic mass is 15.1. The molecule has 16 heavy (non-hydrogen) atoms. The van der Waals surface area contributed by atoms with Crippen LogP contribution >= 0.6 is 0 Å². The van der Waals surface area contributed by atoms with Crippen LogP contribution in [0.25, 0.3) is 0 Å². The van der Waals surface area contributed by atoms with Crippen molar-refractivity contribution in [2.75, 3.05) is 26.7 Å². The first-order valence-electron chi connectivity index (χ1n) is 6.91. The molecule has 1 aliphatic carbocycles. The first kappa shape index (κ1) is 12.3. The second-order valence-electron chi connectivity index (χ2n) is 5.76. The topological polar surface area (TPSA) is 41.3 Å². The number of nitrogens with zero attached hydrogens (tertiary/aromatic N) is 1. The standard InChI is InChI=1S/C13H27N3/c1-16-8-5-11(6-9-16)4-7-15-13-3-2-12(14)10-13/h11-13,15H,2-10,14H2,1H3. The Morgan fingerprint density at radius 1 is 1.19 bits per heavy atom. The highest BCUT2D eigenvalue weighted by Crippen LogP contribution is 2.20. The lowest BCUT2D eigenvalue weighted by atomic mass is 9.94. The quantitative estimate of drug-likeness (QED) is 0.755. The van der Waals surface area contributed by atoms with Crippen LogP contribution in [0, 0.1) is 5.92 Å². The van der Waals surface area contributed by atoms with E-state index >= 15 is 0 Å². The van der Waals surface area contributed by atoms with Gasteiger partial charge in [-0.3, -0.25) is 0 Å². The minimum absolute atomic E-state index is 0.459. The maximum absolute atomic E-state index is 5.91. The second-order valence-corrected chi connectivity index (χ2v) is 5.76. The van der Waals surface area contributed by atoms with E-state index in [1.165, 1.54) is 58.2 Å². The van der Waals surface area contributed by atoms with E-state index in [1.807, 2.05) is 0 Å². The van der Waals surface area contributed by atoms with Crippen LogP contribution in [-0.4, -0.2) is 43.7 Å². The number of hydrogen-bond donors (Lipinski definition) is 2. The lowest BCUT2D eigenvalue weighted by Crippen LogP contribution is -2.34. The third-order valence-corrected chi connectivity index (χ3v) is 4.30. The summed E-state index contributed by atoms with van der Waals surface area (Å²) >= 11 is 0. The Labute approximate surface area is 99.8 Å². The molecule has 1 aliphatic heterocycles. The van der Waals surface area contributed by atoms with E-state index in [9.17, 15) is 0 Å². The predicted molar refractivity (Wildman–Crippen MR) is 68.5 cm³/mol. The number of rotatable bonds is 4. The van der Waals surface area contributed by atoms with Crippen LogP contribution in [0.3, 0.4) is 0 Å². The first-order valence-corrected chi connectivity index (χ1v) is 6.91. The molecule has 1 saturated carbocycles. The molecule has 0 amide bonds. The van der Waals surface area contributed by atoms with Crippen molar-refractivity contribution in [3.63, 3.8) is 0 Å². The number of piperidine rings is 1. The van der Waals surface area contributed by atoms with E-state index in [0.29, 0.717) is 12.1 Å². The molecule has 3 N–H and O–H groups in total. The van der Waals surface area contributed by atoms with Gasteiger partial charge in [0.25, 0.3) is 0 Å². The molecule has 2 atom stereocenters. The number of nitrogens with one attached hydrogen (secondary N) is 1. The second kappa shape index (κ2) is 5.99. The van der Waals surface area contributed by atoms with Gasteiger partial charge in [-0.2, -0.15) is 0 Å². The van der Waals surface area contributed by atoms with E-state index in [4.69, 9.17) is 5.73 Å². The molecule has 1 saturated heterocycles. The average Bonchev–Trinajstić information content (AvgIpc) is 2.67. The first-order chi connectivity index (χ1) is 7.74. The van der Waals surface area contributed by atoms with Crippen LogP contribution in [-0.2, 0) is 0 Å². The molecular formula is C13H27N3. The van der Waals surface area contributed by atoms with Gasteiger partial charge < -0.3 is 16.0 Å². The molecule has 3 heteroatoms. The lowest BCUT2D eigenvalue weighted by Gasteiger charge is -2.29. The Kier molecular flexibility index (Phi) is 4.62. The van der Waals surface area contributed by atoms with Crippen molar-refractivity contribution in [2.45, 2.75) is 50.6 Å². The zero-order valence-corrected chi connectivity index (χ0v) is 10.6. The highest BCUT2D eigenvalue weighted by molar-refractivity contribution is 4.83. The molecule has 0 spiro atoms. The molecule has 0 aromatic rings. The van der Waals surface area contributed by atoms with Gasteiger partial charge >= 0.3 is 0 Å². The summed E-state index contributed by atoms with van der Waals surface area (Å²) in [5.74, 6) is 0.957. The summed E-state index contributed by atoms with van der Waals surface area (Å²) in [6.07, 6.45) is 7.83. The van der Waals surface area contributed by atoms with Gasteiger partial charge in [-0.15, -0.1) is 0 Å². The van der Waals surface area contributed by atoms with Crippen LogP contribution in [0.15, 0.2) is 0 Å². The van der Waals surface area contributed by atoms with E-state index in [1.54, 1.807) is 0 Å². The molecular weight excluding hydrogens is 198 g/mol. The van der Waals surface area contributed by atoms with Gasteiger partial charge in [-0.05, 0) is 71.1 Å². The summed E-state index contributed by atoms with van der Waals surface area (Å²) in [6.45, 7) is 3.78. The summed E-state index contributed by atoms with van der Waals surface area (Å²) in [4.78, 5) is 2.44. The molecule has 0 aromatic carbocycles. The zero-order valence-electron chi connectivity index (χ0n) is 10.6. The van der Waals surface area contributed by atoms with Crippen molar-refractivity contribution in [3.05, 3.63) is 0 Å². The van der Waals surface area contributed by atoms with Gasteiger partial charge in [0.1, 0.15) is 0 Å². The summed E-state index contributed by atoms with van der Waals surface area (Å²) < 4.78 is 0. The van der Waals surface area contributed by atoms with Crippen molar-refractivity contribution < 1.29 is 0 Å². The van der Waals surface area contributed by atoms with E-state index < -0.39 is 0 Å². The van der Waals surface area contributed by atoms with Crippen LogP contribution in [0.4, 0.5) is 0 Å². The van der Waals surface area contributed by atoms with Crippen molar-refractivity contribution in [2.24, 2.45) is 11.7 Å². The highest BCUT2D eigenvalue weighted by Gasteiger charge is 2.21. The molecule has 2 aliphatic rings. The summed E-state index contributed by atoms with van der Waals surface area (Å²) in [5.41, 5.74) is 5.91. The molecule has 1 heterocycles. The monoisotopic (exact) mass is 225 g/mol. The predicted octanol–water partition coefficient (Wildman–Crippen LogP) is 1.19. The molecule has 94 valence electrons. The van der Waals surface area contributed by atoms with Gasteiger partial charge in [-0.1, -0.05) is 0 Å². The fourth-order valence-electron chi connectivity index (χ4n) is 3.04. The van der Waals surface area contributed by atoms with Crippen molar-refractivity contribution in [1.82, 2.24) is 10.2 Å². The largest absolute Gasteiger partial charge is 0.328 e. The van der Waals surface area contributed by atoms with Crippen LogP contribution in [0.1, 0.15) is 38.5 Å². The minimum atomic E-state index is 0.459. The van der Waals surface area contributed by atoms with Crippen LogP contribution < -0.4 is 11.1 Å². The molecule has 2 rings (SSSR count). The molecule has 0 radical (unpaired) electrons. The third kappa shape index (κ3) is 3.72. The Morgan fingerprint density at radius 2 is 1.94 bits per heavy atom.